The normalized spacial score (nSPS) is 14.9. The zero-order chi connectivity index (χ0) is 21.4. The van der Waals surface area contributed by atoms with Gasteiger partial charge in [-0.15, -0.1) is 11.3 Å². The van der Waals surface area contributed by atoms with E-state index in [0.29, 0.717) is 25.4 Å². The van der Waals surface area contributed by atoms with E-state index in [2.05, 4.69) is 9.30 Å². The molecule has 4 heterocycles. The van der Waals surface area contributed by atoms with Crippen LogP contribution in [-0.2, 0) is 6.54 Å². The molecule has 0 N–H and O–H groups in total. The maximum absolute atomic E-state index is 12.5. The molecule has 0 unspecified atom stereocenters. The number of furan rings is 1. The summed E-state index contributed by atoms with van der Waals surface area (Å²) in [4.78, 5) is 32.8. The lowest BCUT2D eigenvalue weighted by atomic mass is 10.1. The molecule has 4 aromatic rings. The molecule has 1 aliphatic rings. The van der Waals surface area contributed by atoms with Crippen molar-refractivity contribution >= 4 is 27.9 Å². The van der Waals surface area contributed by atoms with E-state index in [0.717, 1.165) is 35.0 Å². The minimum Gasteiger partial charge on any atom is -0.459 e. The monoisotopic (exact) mass is 437 g/mol. The maximum atomic E-state index is 12.5. The van der Waals surface area contributed by atoms with Gasteiger partial charge in [-0.25, -0.2) is 4.98 Å². The number of thiazole rings is 1. The molecule has 31 heavy (non-hydrogen) atoms. The van der Waals surface area contributed by atoms with Crippen LogP contribution < -0.4 is 0 Å². The second-order valence-corrected chi connectivity index (χ2v) is 8.19. The van der Waals surface area contributed by atoms with E-state index < -0.39 is 4.92 Å². The van der Waals surface area contributed by atoms with Gasteiger partial charge in [0.15, 0.2) is 10.7 Å². The fraction of sp³-hybridized carbons (Fsp3) is 0.238. The summed E-state index contributed by atoms with van der Waals surface area (Å²) in [6.07, 6.45) is 3.50. The molecule has 5 rings (SSSR count). The van der Waals surface area contributed by atoms with Crippen molar-refractivity contribution in [3.8, 4) is 11.3 Å². The van der Waals surface area contributed by atoms with E-state index in [1.54, 1.807) is 35.6 Å². The Labute approximate surface area is 181 Å². The van der Waals surface area contributed by atoms with E-state index in [9.17, 15) is 14.9 Å². The number of nitro groups is 1. The minimum atomic E-state index is -0.403. The summed E-state index contributed by atoms with van der Waals surface area (Å²) in [7, 11) is 0. The molecule has 1 saturated heterocycles. The Balaban J connectivity index is 1.35. The summed E-state index contributed by atoms with van der Waals surface area (Å²) in [5.41, 5.74) is 2.78. The smallest absolute Gasteiger partial charge is 0.289 e. The molecular weight excluding hydrogens is 418 g/mol. The third-order valence-corrected chi connectivity index (χ3v) is 6.23. The van der Waals surface area contributed by atoms with Gasteiger partial charge in [-0.05, 0) is 24.3 Å². The molecule has 0 bridgehead atoms. The summed E-state index contributed by atoms with van der Waals surface area (Å²) in [6, 6.07) is 9.90. The number of non-ortho nitro benzene ring substituents is 1. The quantitative estimate of drug-likeness (QED) is 0.350. The molecule has 1 amide bonds. The van der Waals surface area contributed by atoms with Gasteiger partial charge in [-0.2, -0.15) is 0 Å². The number of fused-ring (bicyclic) bond motifs is 1. The van der Waals surface area contributed by atoms with E-state index in [1.807, 2.05) is 16.5 Å². The number of carbonyl (C=O) groups is 1. The Kier molecular flexibility index (Phi) is 5.00. The van der Waals surface area contributed by atoms with Gasteiger partial charge >= 0.3 is 0 Å². The van der Waals surface area contributed by atoms with Crippen molar-refractivity contribution < 1.29 is 14.1 Å². The largest absolute Gasteiger partial charge is 0.459 e. The predicted octanol–water partition coefficient (Wildman–Crippen LogP) is 3.52. The van der Waals surface area contributed by atoms with Crippen LogP contribution in [0, 0.1) is 10.1 Å². The first-order valence-corrected chi connectivity index (χ1v) is 10.7. The van der Waals surface area contributed by atoms with Gasteiger partial charge < -0.3 is 9.32 Å². The number of piperazine rings is 1. The minimum absolute atomic E-state index is 0.0590. The van der Waals surface area contributed by atoms with Crippen LogP contribution in [0.3, 0.4) is 0 Å². The number of amides is 1. The molecular formula is C21H19N5O4S. The SMILES string of the molecule is O=C(c1ccco1)N1CCN(Cc2c(-c3ccc([N+](=O)[O-])cc3)nc3sccn23)CC1. The average molecular weight is 437 g/mol. The molecule has 0 aliphatic carbocycles. The van der Waals surface area contributed by atoms with Crippen LogP contribution in [0.15, 0.2) is 58.7 Å². The topological polar surface area (TPSA) is 97.1 Å². The Morgan fingerprint density at radius 1 is 1.16 bits per heavy atom. The van der Waals surface area contributed by atoms with Gasteiger partial charge in [-0.3, -0.25) is 24.2 Å². The van der Waals surface area contributed by atoms with Crippen molar-refractivity contribution in [2.75, 3.05) is 26.2 Å². The summed E-state index contributed by atoms with van der Waals surface area (Å²) in [6.45, 7) is 3.40. The van der Waals surface area contributed by atoms with Crippen molar-refractivity contribution in [1.82, 2.24) is 19.2 Å². The molecule has 10 heteroatoms. The lowest BCUT2D eigenvalue weighted by Crippen LogP contribution is -2.48. The first-order valence-electron chi connectivity index (χ1n) is 9.84. The third kappa shape index (κ3) is 3.71. The van der Waals surface area contributed by atoms with Crippen molar-refractivity contribution in [2.24, 2.45) is 0 Å². The fourth-order valence-corrected chi connectivity index (χ4v) is 4.57. The van der Waals surface area contributed by atoms with Crippen LogP contribution in [0.4, 0.5) is 5.69 Å². The highest BCUT2D eigenvalue weighted by atomic mass is 32.1. The van der Waals surface area contributed by atoms with Crippen LogP contribution in [0.5, 0.6) is 0 Å². The molecule has 3 aromatic heterocycles. The lowest BCUT2D eigenvalue weighted by molar-refractivity contribution is -0.384. The lowest BCUT2D eigenvalue weighted by Gasteiger charge is -2.34. The summed E-state index contributed by atoms with van der Waals surface area (Å²) >= 11 is 1.55. The maximum Gasteiger partial charge on any atom is 0.289 e. The zero-order valence-corrected chi connectivity index (χ0v) is 17.3. The number of hydrogen-bond donors (Lipinski definition) is 0. The predicted molar refractivity (Wildman–Crippen MR) is 115 cm³/mol. The van der Waals surface area contributed by atoms with Crippen LogP contribution in [-0.4, -0.2) is 56.2 Å². The summed E-state index contributed by atoms with van der Waals surface area (Å²) < 4.78 is 7.30. The number of aromatic nitrogens is 2. The highest BCUT2D eigenvalue weighted by molar-refractivity contribution is 7.15. The van der Waals surface area contributed by atoms with Crippen LogP contribution in [0.1, 0.15) is 16.2 Å². The molecule has 0 atom stereocenters. The molecule has 1 aromatic carbocycles. The molecule has 0 radical (unpaired) electrons. The number of carbonyl (C=O) groups excluding carboxylic acids is 1. The second-order valence-electron chi connectivity index (χ2n) is 7.31. The number of nitro benzene ring substituents is 1. The molecule has 158 valence electrons. The Bertz CT molecular complexity index is 1220. The van der Waals surface area contributed by atoms with E-state index in [-0.39, 0.29) is 11.6 Å². The molecule has 1 aliphatic heterocycles. The van der Waals surface area contributed by atoms with Gasteiger partial charge in [-0.1, -0.05) is 0 Å². The number of imidazole rings is 1. The summed E-state index contributed by atoms with van der Waals surface area (Å²) in [5.74, 6) is 0.283. The van der Waals surface area contributed by atoms with Crippen LogP contribution in [0.25, 0.3) is 16.2 Å². The Morgan fingerprint density at radius 3 is 2.61 bits per heavy atom. The first-order chi connectivity index (χ1) is 15.1. The molecule has 0 spiro atoms. The standard InChI is InChI=1S/C21H19N5O4S/c27-20(18-2-1-12-30-18)24-9-7-23(8-10-24)14-17-19(22-21-25(17)11-13-31-21)15-3-5-16(6-4-15)26(28)29/h1-6,11-13H,7-10,14H2. The molecule has 1 fully saturated rings. The van der Waals surface area contributed by atoms with Crippen molar-refractivity contribution in [3.05, 3.63) is 75.8 Å². The highest BCUT2D eigenvalue weighted by Gasteiger charge is 2.25. The van der Waals surface area contributed by atoms with Crippen molar-refractivity contribution in [1.29, 1.82) is 0 Å². The van der Waals surface area contributed by atoms with Crippen LogP contribution in [0.2, 0.25) is 0 Å². The van der Waals surface area contributed by atoms with E-state index >= 15 is 0 Å². The number of rotatable bonds is 5. The van der Waals surface area contributed by atoms with E-state index in [4.69, 9.17) is 9.40 Å². The average Bonchev–Trinajstić information content (AvgIpc) is 3.53. The number of hydrogen-bond acceptors (Lipinski definition) is 7. The van der Waals surface area contributed by atoms with E-state index in [1.165, 1.54) is 18.4 Å². The van der Waals surface area contributed by atoms with Gasteiger partial charge in [0.2, 0.25) is 0 Å². The second kappa shape index (κ2) is 7.97. The Hall–Kier alpha value is -3.50. The fourth-order valence-electron chi connectivity index (χ4n) is 3.83. The molecule has 0 saturated carbocycles. The Morgan fingerprint density at radius 2 is 1.94 bits per heavy atom. The third-order valence-electron chi connectivity index (χ3n) is 5.48. The number of nitrogens with zero attached hydrogens (tertiary/aromatic N) is 5. The van der Waals surface area contributed by atoms with Crippen molar-refractivity contribution in [2.45, 2.75) is 6.54 Å². The molecule has 9 nitrogen and oxygen atoms in total. The van der Waals surface area contributed by atoms with Gasteiger partial charge in [0, 0.05) is 62.0 Å². The first kappa shape index (κ1) is 19.5. The van der Waals surface area contributed by atoms with Gasteiger partial charge in [0.1, 0.15) is 0 Å². The van der Waals surface area contributed by atoms with Gasteiger partial charge in [0.25, 0.3) is 11.6 Å². The summed E-state index contributed by atoms with van der Waals surface area (Å²) in [5, 5.41) is 13.0. The van der Waals surface area contributed by atoms with Crippen LogP contribution >= 0.6 is 11.3 Å². The zero-order valence-electron chi connectivity index (χ0n) is 16.5. The highest BCUT2D eigenvalue weighted by Crippen LogP contribution is 2.29. The van der Waals surface area contributed by atoms with Gasteiger partial charge in [0.05, 0.1) is 22.6 Å². The number of benzene rings is 1. The van der Waals surface area contributed by atoms with Crippen molar-refractivity contribution in [3.63, 3.8) is 0 Å².